The van der Waals surface area contributed by atoms with Crippen molar-refractivity contribution in [2.45, 2.75) is 26.7 Å². The van der Waals surface area contributed by atoms with Gasteiger partial charge in [-0.05, 0) is 13.3 Å². The molecule has 2 N–H and O–H groups in total. The van der Waals surface area contributed by atoms with Crippen molar-refractivity contribution in [3.8, 4) is 0 Å². The van der Waals surface area contributed by atoms with Crippen molar-refractivity contribution in [2.24, 2.45) is 0 Å². The molecule has 0 amide bonds. The highest BCUT2D eigenvalue weighted by atomic mass is 32.2. The third kappa shape index (κ3) is 17.3. The Labute approximate surface area is 84.2 Å². The molecule has 6 heteroatoms. The molecule has 0 saturated carbocycles. The van der Waals surface area contributed by atoms with Gasteiger partial charge in [-0.25, -0.2) is 4.79 Å². The summed E-state index contributed by atoms with van der Waals surface area (Å²) in [6.45, 7) is 6.47. The van der Waals surface area contributed by atoms with Gasteiger partial charge in [0.15, 0.2) is 0 Å². The van der Waals surface area contributed by atoms with E-state index in [4.69, 9.17) is 9.66 Å². The van der Waals surface area contributed by atoms with Crippen molar-refractivity contribution >= 4 is 16.1 Å². The standard InChI is InChI=1S/C4H10O3S.C4H6O2/c1-2-3-4-8(5,6)7;1-3(2)4(5)6/h2-4H2,1H3,(H,5,6,7);1H2,2H3,(H,5,6). The van der Waals surface area contributed by atoms with Crippen LogP contribution in [0, 0.1) is 0 Å². The minimum atomic E-state index is -3.69. The number of hydrogen-bond donors (Lipinski definition) is 2. The minimum absolute atomic E-state index is 0.108. The number of carboxylic acids is 1. The van der Waals surface area contributed by atoms with E-state index < -0.39 is 16.1 Å². The summed E-state index contributed by atoms with van der Waals surface area (Å²) in [5.74, 6) is -1.04. The minimum Gasteiger partial charge on any atom is -0.478 e. The number of carboxylic acid groups (broad SMARTS) is 1. The normalized spacial score (nSPS) is 9.93. The summed E-state index contributed by atoms with van der Waals surface area (Å²) in [5, 5.41) is 7.89. The zero-order chi connectivity index (χ0) is 11.8. The summed E-state index contributed by atoms with van der Waals surface area (Å²) in [5.41, 5.74) is 0.176. The van der Waals surface area contributed by atoms with Crippen LogP contribution in [-0.2, 0) is 14.9 Å². The molecule has 0 radical (unpaired) electrons. The van der Waals surface area contributed by atoms with Crippen molar-refractivity contribution in [1.29, 1.82) is 0 Å². The fraction of sp³-hybridized carbons (Fsp3) is 0.625. The topological polar surface area (TPSA) is 91.7 Å². The Balaban J connectivity index is 0. The van der Waals surface area contributed by atoms with Crippen LogP contribution < -0.4 is 0 Å². The Morgan fingerprint density at radius 1 is 1.43 bits per heavy atom. The van der Waals surface area contributed by atoms with E-state index in [2.05, 4.69) is 6.58 Å². The lowest BCUT2D eigenvalue weighted by Gasteiger charge is -1.90. The smallest absolute Gasteiger partial charge is 0.330 e. The molecule has 14 heavy (non-hydrogen) atoms. The second-order valence-electron chi connectivity index (χ2n) is 2.73. The molecule has 5 nitrogen and oxygen atoms in total. The van der Waals surface area contributed by atoms with Gasteiger partial charge in [-0.2, -0.15) is 8.42 Å². The second-order valence-corrected chi connectivity index (χ2v) is 4.30. The van der Waals surface area contributed by atoms with Crippen molar-refractivity contribution in [1.82, 2.24) is 0 Å². The average molecular weight is 224 g/mol. The molecule has 0 unspecified atom stereocenters. The summed E-state index contributed by atoms with van der Waals surface area (Å²) in [6.07, 6.45) is 1.33. The van der Waals surface area contributed by atoms with E-state index in [1.54, 1.807) is 0 Å². The van der Waals surface area contributed by atoms with E-state index in [1.807, 2.05) is 6.92 Å². The van der Waals surface area contributed by atoms with Crippen molar-refractivity contribution in [3.63, 3.8) is 0 Å². The summed E-state index contributed by atoms with van der Waals surface area (Å²) in [6, 6.07) is 0. The summed E-state index contributed by atoms with van der Waals surface area (Å²) < 4.78 is 28.0. The van der Waals surface area contributed by atoms with Gasteiger partial charge in [-0.3, -0.25) is 4.55 Å². The Morgan fingerprint density at radius 3 is 1.86 bits per heavy atom. The first kappa shape index (κ1) is 15.6. The van der Waals surface area contributed by atoms with E-state index in [9.17, 15) is 13.2 Å². The number of aliphatic carboxylic acids is 1. The van der Waals surface area contributed by atoms with Gasteiger partial charge in [0.2, 0.25) is 0 Å². The monoisotopic (exact) mass is 224 g/mol. The molecule has 0 aromatic rings. The van der Waals surface area contributed by atoms with Crippen LogP contribution in [0.5, 0.6) is 0 Å². The molecule has 0 fully saturated rings. The molecule has 0 atom stereocenters. The maximum atomic E-state index is 9.95. The van der Waals surface area contributed by atoms with Crippen molar-refractivity contribution in [2.75, 3.05) is 5.75 Å². The van der Waals surface area contributed by atoms with Crippen LogP contribution in [0.1, 0.15) is 26.7 Å². The molecular weight excluding hydrogens is 208 g/mol. The zero-order valence-electron chi connectivity index (χ0n) is 8.36. The fourth-order valence-electron chi connectivity index (χ4n) is 0.327. The number of carbonyl (C=O) groups is 1. The van der Waals surface area contributed by atoms with Crippen LogP contribution in [0.25, 0.3) is 0 Å². The van der Waals surface area contributed by atoms with Gasteiger partial charge in [-0.1, -0.05) is 19.9 Å². The van der Waals surface area contributed by atoms with Crippen molar-refractivity contribution in [3.05, 3.63) is 12.2 Å². The highest BCUT2D eigenvalue weighted by molar-refractivity contribution is 7.85. The molecule has 84 valence electrons. The van der Waals surface area contributed by atoms with Gasteiger partial charge in [0.1, 0.15) is 0 Å². The molecule has 0 aliphatic heterocycles. The van der Waals surface area contributed by atoms with E-state index in [1.165, 1.54) is 6.92 Å². The first-order chi connectivity index (χ1) is 6.20. The average Bonchev–Trinajstić information content (AvgIpc) is 2.00. The molecule has 0 rings (SSSR count). The Kier molecular flexibility index (Phi) is 8.37. The maximum absolute atomic E-state index is 9.95. The molecule has 0 aromatic heterocycles. The zero-order valence-corrected chi connectivity index (χ0v) is 9.17. The SMILES string of the molecule is C=C(C)C(=O)O.CCCCS(=O)(=O)O. The molecule has 0 bridgehead atoms. The van der Waals surface area contributed by atoms with Gasteiger partial charge < -0.3 is 5.11 Å². The lowest BCUT2D eigenvalue weighted by molar-refractivity contribution is -0.132. The van der Waals surface area contributed by atoms with Gasteiger partial charge in [0.25, 0.3) is 10.1 Å². The number of rotatable bonds is 4. The van der Waals surface area contributed by atoms with Gasteiger partial charge in [-0.15, -0.1) is 0 Å². The summed E-state index contributed by atoms with van der Waals surface area (Å²) >= 11 is 0. The predicted molar refractivity (Wildman–Crippen MR) is 53.8 cm³/mol. The second kappa shape index (κ2) is 7.52. The van der Waals surface area contributed by atoms with Crippen LogP contribution in [0.3, 0.4) is 0 Å². The van der Waals surface area contributed by atoms with Gasteiger partial charge in [0, 0.05) is 5.57 Å². The number of hydrogen-bond acceptors (Lipinski definition) is 3. The fourth-order valence-corrected chi connectivity index (χ4v) is 0.980. The molecule has 0 aliphatic carbocycles. The van der Waals surface area contributed by atoms with Crippen molar-refractivity contribution < 1.29 is 22.9 Å². The molecule has 0 heterocycles. The lowest BCUT2D eigenvalue weighted by Crippen LogP contribution is -2.02. The lowest BCUT2D eigenvalue weighted by atomic mass is 10.4. The van der Waals surface area contributed by atoms with Crippen LogP contribution in [-0.4, -0.2) is 29.8 Å². The Morgan fingerprint density at radius 2 is 1.79 bits per heavy atom. The van der Waals surface area contributed by atoms with Gasteiger partial charge in [0.05, 0.1) is 5.75 Å². The first-order valence-electron chi connectivity index (χ1n) is 4.04. The van der Waals surface area contributed by atoms with E-state index in [0.29, 0.717) is 6.42 Å². The number of unbranched alkanes of at least 4 members (excludes halogenated alkanes) is 1. The molecule has 0 spiro atoms. The Hall–Kier alpha value is -0.880. The van der Waals surface area contributed by atoms with E-state index in [-0.39, 0.29) is 11.3 Å². The highest BCUT2D eigenvalue weighted by Crippen LogP contribution is 1.90. The molecular formula is C8H16O5S. The van der Waals surface area contributed by atoms with Crippen LogP contribution in [0.2, 0.25) is 0 Å². The Bertz CT molecular complexity index is 266. The largest absolute Gasteiger partial charge is 0.478 e. The van der Waals surface area contributed by atoms with Crippen LogP contribution >= 0.6 is 0 Å². The highest BCUT2D eigenvalue weighted by Gasteiger charge is 2.00. The predicted octanol–water partition coefficient (Wildman–Crippen LogP) is 1.32. The third-order valence-corrected chi connectivity index (χ3v) is 1.93. The molecule has 0 saturated heterocycles. The van der Waals surface area contributed by atoms with Crippen LogP contribution in [0.4, 0.5) is 0 Å². The van der Waals surface area contributed by atoms with Gasteiger partial charge >= 0.3 is 5.97 Å². The third-order valence-electron chi connectivity index (χ3n) is 1.12. The summed E-state index contributed by atoms with van der Waals surface area (Å²) in [4.78, 5) is 9.60. The maximum Gasteiger partial charge on any atom is 0.330 e. The molecule has 0 aliphatic rings. The van der Waals surface area contributed by atoms with Crippen LogP contribution in [0.15, 0.2) is 12.2 Å². The van der Waals surface area contributed by atoms with E-state index in [0.717, 1.165) is 6.42 Å². The van der Waals surface area contributed by atoms with E-state index >= 15 is 0 Å². The molecule has 0 aromatic carbocycles. The first-order valence-corrected chi connectivity index (χ1v) is 5.65. The quantitative estimate of drug-likeness (QED) is 0.555. The summed E-state index contributed by atoms with van der Waals surface area (Å²) in [7, 11) is -3.69.